The SMILES string of the molecule is O=C(O)CCc1[nH]c(Br)nc1-c1ccc2c(c1)CCC2. The maximum atomic E-state index is 10.7. The summed E-state index contributed by atoms with van der Waals surface area (Å²) in [6.45, 7) is 0. The highest BCUT2D eigenvalue weighted by Gasteiger charge is 2.16. The van der Waals surface area contributed by atoms with Crippen molar-refractivity contribution < 1.29 is 9.90 Å². The molecular weight excluding hydrogens is 320 g/mol. The maximum Gasteiger partial charge on any atom is 0.303 e. The van der Waals surface area contributed by atoms with Crippen LogP contribution in [-0.2, 0) is 24.1 Å². The lowest BCUT2D eigenvalue weighted by Gasteiger charge is -2.05. The predicted molar refractivity (Wildman–Crippen MR) is 79.7 cm³/mol. The first-order valence-corrected chi connectivity index (χ1v) is 7.51. The molecule has 1 aromatic heterocycles. The van der Waals surface area contributed by atoms with E-state index in [1.165, 1.54) is 17.5 Å². The van der Waals surface area contributed by atoms with Crippen LogP contribution in [0.3, 0.4) is 0 Å². The van der Waals surface area contributed by atoms with Gasteiger partial charge in [0.25, 0.3) is 0 Å². The van der Waals surface area contributed by atoms with E-state index in [1.54, 1.807) is 0 Å². The summed E-state index contributed by atoms with van der Waals surface area (Å²) in [7, 11) is 0. The number of imidazole rings is 1. The maximum absolute atomic E-state index is 10.7. The number of H-pyrrole nitrogens is 1. The van der Waals surface area contributed by atoms with Crippen LogP contribution in [0.15, 0.2) is 22.9 Å². The lowest BCUT2D eigenvalue weighted by molar-refractivity contribution is -0.136. The number of carboxylic acid groups (broad SMARTS) is 1. The van der Waals surface area contributed by atoms with Gasteiger partial charge in [0.05, 0.1) is 12.1 Å². The van der Waals surface area contributed by atoms with Gasteiger partial charge in [-0.3, -0.25) is 4.79 Å². The molecule has 0 fully saturated rings. The molecule has 0 saturated heterocycles. The molecule has 0 atom stereocenters. The highest BCUT2D eigenvalue weighted by molar-refractivity contribution is 9.10. The Bertz CT molecular complexity index is 664. The molecule has 1 aliphatic rings. The van der Waals surface area contributed by atoms with Gasteiger partial charge in [-0.2, -0.15) is 0 Å². The van der Waals surface area contributed by atoms with Crippen LogP contribution in [-0.4, -0.2) is 21.0 Å². The number of nitrogens with zero attached hydrogens (tertiary/aromatic N) is 1. The van der Waals surface area contributed by atoms with Crippen molar-refractivity contribution in [1.82, 2.24) is 9.97 Å². The van der Waals surface area contributed by atoms with Crippen molar-refractivity contribution in [2.45, 2.75) is 32.1 Å². The van der Waals surface area contributed by atoms with E-state index in [0.717, 1.165) is 29.8 Å². The summed E-state index contributed by atoms with van der Waals surface area (Å²) in [5, 5.41) is 8.82. The molecule has 2 N–H and O–H groups in total. The molecule has 0 spiro atoms. The second-order valence-electron chi connectivity index (χ2n) is 5.09. The second-order valence-corrected chi connectivity index (χ2v) is 5.84. The quantitative estimate of drug-likeness (QED) is 0.901. The molecule has 104 valence electrons. The Balaban J connectivity index is 1.95. The van der Waals surface area contributed by atoms with Crippen molar-refractivity contribution >= 4 is 21.9 Å². The minimum absolute atomic E-state index is 0.104. The normalized spacial score (nSPS) is 13.4. The Morgan fingerprint density at radius 1 is 1.35 bits per heavy atom. The van der Waals surface area contributed by atoms with E-state index in [9.17, 15) is 4.79 Å². The van der Waals surface area contributed by atoms with Gasteiger partial charge in [-0.25, -0.2) is 4.98 Å². The van der Waals surface area contributed by atoms with Gasteiger partial charge >= 0.3 is 5.97 Å². The van der Waals surface area contributed by atoms with Gasteiger partial charge in [0, 0.05) is 17.7 Å². The number of hydrogen-bond donors (Lipinski definition) is 2. The zero-order valence-corrected chi connectivity index (χ0v) is 12.5. The third-order valence-corrected chi connectivity index (χ3v) is 4.09. The molecule has 0 radical (unpaired) electrons. The first-order chi connectivity index (χ1) is 9.63. The fraction of sp³-hybridized carbons (Fsp3) is 0.333. The van der Waals surface area contributed by atoms with E-state index in [-0.39, 0.29) is 6.42 Å². The molecule has 2 aromatic rings. The van der Waals surface area contributed by atoms with Gasteiger partial charge in [-0.05, 0) is 52.4 Å². The van der Waals surface area contributed by atoms with Crippen LogP contribution in [0, 0.1) is 0 Å². The minimum Gasteiger partial charge on any atom is -0.481 e. The van der Waals surface area contributed by atoms with Crippen molar-refractivity contribution in [3.05, 3.63) is 39.8 Å². The summed E-state index contributed by atoms with van der Waals surface area (Å²) < 4.78 is 0.647. The van der Waals surface area contributed by atoms with Crippen LogP contribution >= 0.6 is 15.9 Å². The number of halogens is 1. The number of carboxylic acids is 1. The van der Waals surface area contributed by atoms with Gasteiger partial charge in [0.1, 0.15) is 0 Å². The Labute approximate surface area is 125 Å². The van der Waals surface area contributed by atoms with E-state index in [1.807, 2.05) is 0 Å². The van der Waals surface area contributed by atoms with Crippen molar-refractivity contribution in [3.63, 3.8) is 0 Å². The van der Waals surface area contributed by atoms with E-state index in [4.69, 9.17) is 5.11 Å². The van der Waals surface area contributed by atoms with Crippen LogP contribution in [0.1, 0.15) is 29.7 Å². The van der Waals surface area contributed by atoms with Crippen molar-refractivity contribution in [2.24, 2.45) is 0 Å². The van der Waals surface area contributed by atoms with E-state index >= 15 is 0 Å². The van der Waals surface area contributed by atoms with Gasteiger partial charge < -0.3 is 10.1 Å². The molecule has 5 heteroatoms. The molecule has 0 unspecified atom stereocenters. The highest BCUT2D eigenvalue weighted by Crippen LogP contribution is 2.30. The van der Waals surface area contributed by atoms with Crippen LogP contribution in [0.4, 0.5) is 0 Å². The lowest BCUT2D eigenvalue weighted by atomic mass is 10.0. The number of aliphatic carboxylic acids is 1. The number of benzene rings is 1. The molecule has 0 amide bonds. The van der Waals surface area contributed by atoms with Crippen LogP contribution < -0.4 is 0 Å². The molecule has 1 aromatic carbocycles. The fourth-order valence-electron chi connectivity index (χ4n) is 2.75. The third kappa shape index (κ3) is 2.63. The summed E-state index contributed by atoms with van der Waals surface area (Å²) >= 11 is 3.34. The highest BCUT2D eigenvalue weighted by atomic mass is 79.9. The van der Waals surface area contributed by atoms with Gasteiger partial charge in [-0.1, -0.05) is 12.1 Å². The summed E-state index contributed by atoms with van der Waals surface area (Å²) in [6.07, 6.45) is 4.06. The third-order valence-electron chi connectivity index (χ3n) is 3.71. The zero-order chi connectivity index (χ0) is 14.1. The number of aromatic nitrogens is 2. The van der Waals surface area contributed by atoms with Gasteiger partial charge in [0.2, 0.25) is 0 Å². The Morgan fingerprint density at radius 3 is 2.95 bits per heavy atom. The summed E-state index contributed by atoms with van der Waals surface area (Å²) in [5.41, 5.74) is 5.61. The molecule has 20 heavy (non-hydrogen) atoms. The number of nitrogens with one attached hydrogen (secondary N) is 1. The predicted octanol–water partition coefficient (Wildman–Crippen LogP) is 3.35. The first-order valence-electron chi connectivity index (χ1n) is 6.72. The summed E-state index contributed by atoms with van der Waals surface area (Å²) in [6, 6.07) is 6.44. The number of aromatic amines is 1. The van der Waals surface area contributed by atoms with Crippen molar-refractivity contribution in [1.29, 1.82) is 0 Å². The minimum atomic E-state index is -0.796. The monoisotopic (exact) mass is 334 g/mol. The molecule has 1 heterocycles. The largest absolute Gasteiger partial charge is 0.481 e. The van der Waals surface area contributed by atoms with Gasteiger partial charge in [-0.15, -0.1) is 0 Å². The number of fused-ring (bicyclic) bond motifs is 1. The topological polar surface area (TPSA) is 66.0 Å². The van der Waals surface area contributed by atoms with Gasteiger partial charge in [0.15, 0.2) is 4.73 Å². The first kappa shape index (κ1) is 13.4. The average molecular weight is 335 g/mol. The fourth-order valence-corrected chi connectivity index (χ4v) is 3.16. The second kappa shape index (κ2) is 5.40. The van der Waals surface area contributed by atoms with Crippen LogP contribution in [0.25, 0.3) is 11.3 Å². The smallest absolute Gasteiger partial charge is 0.303 e. The summed E-state index contributed by atoms with van der Waals surface area (Å²) in [5.74, 6) is -0.796. The molecule has 3 rings (SSSR count). The summed E-state index contributed by atoms with van der Waals surface area (Å²) in [4.78, 5) is 18.3. The van der Waals surface area contributed by atoms with Crippen LogP contribution in [0.2, 0.25) is 0 Å². The Morgan fingerprint density at radius 2 is 2.15 bits per heavy atom. The zero-order valence-electron chi connectivity index (χ0n) is 10.9. The molecule has 0 bridgehead atoms. The standard InChI is InChI=1S/C15H15BrN2O2/c16-15-17-12(6-7-13(19)20)14(18-15)11-5-4-9-2-1-3-10(9)8-11/h4-5,8H,1-3,6-7H2,(H,17,18)(H,19,20). The number of carbonyl (C=O) groups is 1. The van der Waals surface area contributed by atoms with Crippen molar-refractivity contribution in [3.8, 4) is 11.3 Å². The van der Waals surface area contributed by atoms with Crippen molar-refractivity contribution in [2.75, 3.05) is 0 Å². The number of rotatable bonds is 4. The Kier molecular flexibility index (Phi) is 3.61. The molecule has 1 aliphatic carbocycles. The number of hydrogen-bond acceptors (Lipinski definition) is 2. The van der Waals surface area contributed by atoms with Crippen LogP contribution in [0.5, 0.6) is 0 Å². The van der Waals surface area contributed by atoms with E-state index in [0.29, 0.717) is 11.2 Å². The molecule has 0 saturated carbocycles. The molecular formula is C15H15BrN2O2. The average Bonchev–Trinajstić information content (AvgIpc) is 3.01. The van der Waals surface area contributed by atoms with E-state index < -0.39 is 5.97 Å². The van der Waals surface area contributed by atoms with E-state index in [2.05, 4.69) is 44.1 Å². The molecule has 4 nitrogen and oxygen atoms in total. The number of aryl methyl sites for hydroxylation is 3. The lowest BCUT2D eigenvalue weighted by Crippen LogP contribution is -1.99. The Hall–Kier alpha value is -1.62. The molecule has 0 aliphatic heterocycles.